The van der Waals surface area contributed by atoms with Gasteiger partial charge in [-0.05, 0) is 57.9 Å². The van der Waals surface area contributed by atoms with Crippen LogP contribution in [0.5, 0.6) is 0 Å². The van der Waals surface area contributed by atoms with E-state index >= 15 is 0 Å². The number of hydrogen-bond donors (Lipinski definition) is 1. The summed E-state index contributed by atoms with van der Waals surface area (Å²) in [5, 5.41) is 10.9. The molecule has 0 amide bonds. The van der Waals surface area contributed by atoms with Crippen molar-refractivity contribution in [3.05, 3.63) is 34.3 Å². The van der Waals surface area contributed by atoms with E-state index in [0.717, 1.165) is 36.0 Å². The molecule has 1 saturated heterocycles. The van der Waals surface area contributed by atoms with Crippen LogP contribution < -0.4 is 0 Å². The predicted octanol–water partition coefficient (Wildman–Crippen LogP) is 3.53. The monoisotopic (exact) mass is 311 g/mol. The summed E-state index contributed by atoms with van der Waals surface area (Å²) in [5.74, 6) is 0. The van der Waals surface area contributed by atoms with Gasteiger partial charge in [0.25, 0.3) is 0 Å². The fourth-order valence-electron chi connectivity index (χ4n) is 2.60. The van der Waals surface area contributed by atoms with E-state index in [1.54, 1.807) is 0 Å². The van der Waals surface area contributed by atoms with Gasteiger partial charge >= 0.3 is 0 Å². The molecule has 1 unspecified atom stereocenters. The SMILES string of the molecule is CC(C)(C)N1CCCC(O)(c2ccc(Br)cc2)C1. The minimum atomic E-state index is -0.702. The summed E-state index contributed by atoms with van der Waals surface area (Å²) in [6.45, 7) is 8.42. The molecule has 1 heterocycles. The Morgan fingerprint density at radius 3 is 2.39 bits per heavy atom. The molecule has 0 spiro atoms. The van der Waals surface area contributed by atoms with Crippen LogP contribution in [0, 0.1) is 0 Å². The Kier molecular flexibility index (Phi) is 3.86. The maximum Gasteiger partial charge on any atom is 0.102 e. The van der Waals surface area contributed by atoms with Gasteiger partial charge in [0.15, 0.2) is 0 Å². The molecule has 3 heteroatoms. The van der Waals surface area contributed by atoms with Gasteiger partial charge < -0.3 is 5.11 Å². The Labute approximate surface area is 118 Å². The zero-order valence-electron chi connectivity index (χ0n) is 11.4. The van der Waals surface area contributed by atoms with E-state index in [1.165, 1.54) is 0 Å². The van der Waals surface area contributed by atoms with Crippen LogP contribution in [0.4, 0.5) is 0 Å². The van der Waals surface area contributed by atoms with E-state index in [1.807, 2.05) is 24.3 Å². The highest BCUT2D eigenvalue weighted by Gasteiger charge is 2.38. The summed E-state index contributed by atoms with van der Waals surface area (Å²) in [7, 11) is 0. The molecule has 0 bridgehead atoms. The van der Waals surface area contributed by atoms with Crippen molar-refractivity contribution in [2.24, 2.45) is 0 Å². The van der Waals surface area contributed by atoms with E-state index in [9.17, 15) is 5.11 Å². The Hall–Kier alpha value is -0.380. The molecule has 2 nitrogen and oxygen atoms in total. The first-order chi connectivity index (χ1) is 8.31. The number of benzene rings is 1. The van der Waals surface area contributed by atoms with E-state index in [4.69, 9.17) is 0 Å². The molecule has 2 rings (SSSR count). The molecule has 0 saturated carbocycles. The number of likely N-dealkylation sites (tertiary alicyclic amines) is 1. The molecule has 0 aliphatic carbocycles. The largest absolute Gasteiger partial charge is 0.384 e. The normalized spacial score (nSPS) is 26.3. The minimum Gasteiger partial charge on any atom is -0.384 e. The van der Waals surface area contributed by atoms with Gasteiger partial charge in [0.1, 0.15) is 5.60 Å². The molecule has 1 aromatic rings. The molecule has 1 fully saturated rings. The van der Waals surface area contributed by atoms with E-state index < -0.39 is 5.60 Å². The molecule has 1 N–H and O–H groups in total. The lowest BCUT2D eigenvalue weighted by atomic mass is 9.84. The van der Waals surface area contributed by atoms with E-state index in [0.29, 0.717) is 0 Å². The second-order valence-corrected chi connectivity index (χ2v) is 7.15. The van der Waals surface area contributed by atoms with E-state index in [-0.39, 0.29) is 5.54 Å². The number of β-amino-alcohol motifs (C(OH)–C–C–N with tert-alkyl or cyclic N) is 1. The fraction of sp³-hybridized carbons (Fsp3) is 0.600. The maximum absolute atomic E-state index is 10.9. The highest BCUT2D eigenvalue weighted by molar-refractivity contribution is 9.10. The highest BCUT2D eigenvalue weighted by Crippen LogP contribution is 2.34. The molecular formula is C15H22BrNO. The number of hydrogen-bond acceptors (Lipinski definition) is 2. The van der Waals surface area contributed by atoms with Crippen LogP contribution in [-0.4, -0.2) is 28.6 Å². The summed E-state index contributed by atoms with van der Waals surface area (Å²) in [6, 6.07) is 8.05. The first kappa shape index (κ1) is 14.0. The summed E-state index contributed by atoms with van der Waals surface area (Å²) in [6.07, 6.45) is 1.89. The van der Waals surface area contributed by atoms with Crippen LogP contribution in [0.1, 0.15) is 39.2 Å². The van der Waals surface area contributed by atoms with Gasteiger partial charge in [-0.25, -0.2) is 0 Å². The van der Waals surface area contributed by atoms with E-state index in [2.05, 4.69) is 41.6 Å². The lowest BCUT2D eigenvalue weighted by Gasteiger charge is -2.45. The van der Waals surface area contributed by atoms with Crippen LogP contribution in [0.15, 0.2) is 28.7 Å². The number of piperidine rings is 1. The van der Waals surface area contributed by atoms with Crippen LogP contribution in [0.2, 0.25) is 0 Å². The molecule has 0 aromatic heterocycles. The standard InChI is InChI=1S/C15H22BrNO/c1-14(2,3)17-10-4-9-15(18,11-17)12-5-7-13(16)8-6-12/h5-8,18H,4,9-11H2,1-3H3. The van der Waals surface area contributed by atoms with Crippen molar-refractivity contribution in [2.75, 3.05) is 13.1 Å². The molecule has 18 heavy (non-hydrogen) atoms. The number of aliphatic hydroxyl groups is 1. The quantitative estimate of drug-likeness (QED) is 0.857. The number of rotatable bonds is 1. The molecule has 100 valence electrons. The zero-order chi connectivity index (χ0) is 13.4. The van der Waals surface area contributed by atoms with Crippen LogP contribution in [-0.2, 0) is 5.60 Å². The maximum atomic E-state index is 10.9. The molecule has 1 aliphatic rings. The van der Waals surface area contributed by atoms with Gasteiger partial charge in [-0.3, -0.25) is 4.90 Å². The lowest BCUT2D eigenvalue weighted by Crippen LogP contribution is -2.53. The van der Waals surface area contributed by atoms with Crippen molar-refractivity contribution >= 4 is 15.9 Å². The Morgan fingerprint density at radius 2 is 1.83 bits per heavy atom. The average molecular weight is 312 g/mol. The van der Waals surface area contributed by atoms with Gasteiger partial charge in [-0.1, -0.05) is 28.1 Å². The zero-order valence-corrected chi connectivity index (χ0v) is 13.0. The van der Waals surface area contributed by atoms with Crippen molar-refractivity contribution in [1.29, 1.82) is 0 Å². The van der Waals surface area contributed by atoms with Crippen molar-refractivity contribution in [3.8, 4) is 0 Å². The van der Waals surface area contributed by atoms with Crippen LogP contribution in [0.3, 0.4) is 0 Å². The topological polar surface area (TPSA) is 23.5 Å². The Bertz CT molecular complexity index is 409. The molecule has 1 atom stereocenters. The van der Waals surface area contributed by atoms with Crippen molar-refractivity contribution in [2.45, 2.75) is 44.8 Å². The molecule has 1 aliphatic heterocycles. The predicted molar refractivity (Wildman–Crippen MR) is 78.6 cm³/mol. The van der Waals surface area contributed by atoms with Gasteiger partial charge in [-0.2, -0.15) is 0 Å². The summed E-state index contributed by atoms with van der Waals surface area (Å²) < 4.78 is 1.05. The van der Waals surface area contributed by atoms with Crippen molar-refractivity contribution in [1.82, 2.24) is 4.90 Å². The summed E-state index contributed by atoms with van der Waals surface area (Å²) in [5.41, 5.74) is 0.440. The average Bonchev–Trinajstić information content (AvgIpc) is 2.28. The third-order valence-electron chi connectivity index (χ3n) is 3.80. The molecular weight excluding hydrogens is 290 g/mol. The van der Waals surface area contributed by atoms with Gasteiger partial charge in [0, 0.05) is 16.6 Å². The van der Waals surface area contributed by atoms with Gasteiger partial charge in [0.2, 0.25) is 0 Å². The fourth-order valence-corrected chi connectivity index (χ4v) is 2.87. The number of nitrogens with zero attached hydrogens (tertiary/aromatic N) is 1. The van der Waals surface area contributed by atoms with Crippen LogP contribution in [0.25, 0.3) is 0 Å². The Balaban J connectivity index is 2.22. The van der Waals surface area contributed by atoms with Crippen LogP contribution >= 0.6 is 15.9 Å². The lowest BCUT2D eigenvalue weighted by molar-refractivity contribution is -0.0619. The van der Waals surface area contributed by atoms with Gasteiger partial charge in [0.05, 0.1) is 0 Å². The first-order valence-corrected chi connectivity index (χ1v) is 7.34. The first-order valence-electron chi connectivity index (χ1n) is 6.55. The van der Waals surface area contributed by atoms with Gasteiger partial charge in [-0.15, -0.1) is 0 Å². The third kappa shape index (κ3) is 2.95. The summed E-state index contributed by atoms with van der Waals surface area (Å²) >= 11 is 3.44. The minimum absolute atomic E-state index is 0.115. The second-order valence-electron chi connectivity index (χ2n) is 6.23. The second kappa shape index (κ2) is 4.95. The summed E-state index contributed by atoms with van der Waals surface area (Å²) in [4.78, 5) is 2.37. The highest BCUT2D eigenvalue weighted by atomic mass is 79.9. The number of halogens is 1. The molecule has 0 radical (unpaired) electrons. The molecule has 1 aromatic carbocycles. The smallest absolute Gasteiger partial charge is 0.102 e. The van der Waals surface area contributed by atoms with Crippen molar-refractivity contribution in [3.63, 3.8) is 0 Å². The van der Waals surface area contributed by atoms with Crippen molar-refractivity contribution < 1.29 is 5.11 Å². The Morgan fingerprint density at radius 1 is 1.22 bits per heavy atom. The third-order valence-corrected chi connectivity index (χ3v) is 4.33.